The molecule has 2 N–H and O–H groups in total. The molecule has 0 saturated heterocycles. The highest BCUT2D eigenvalue weighted by molar-refractivity contribution is 5.91. The fourth-order valence-electron chi connectivity index (χ4n) is 2.36. The number of hydrogen-bond acceptors (Lipinski definition) is 3. The van der Waals surface area contributed by atoms with Crippen LogP contribution in [0.1, 0.15) is 42.7 Å². The number of aromatic carboxylic acids is 1. The van der Waals surface area contributed by atoms with Gasteiger partial charge in [-0.25, -0.2) is 9.48 Å². The maximum absolute atomic E-state index is 13.3. The summed E-state index contributed by atoms with van der Waals surface area (Å²) in [6, 6.07) is 5.64. The van der Waals surface area contributed by atoms with E-state index >= 15 is 0 Å². The summed E-state index contributed by atoms with van der Waals surface area (Å²) in [6.45, 7) is 3.87. The summed E-state index contributed by atoms with van der Waals surface area (Å²) in [6.07, 6.45) is -3.13. The van der Waals surface area contributed by atoms with Gasteiger partial charge in [0.2, 0.25) is 5.91 Å². The number of carbonyl (C=O) groups is 2. The highest BCUT2D eigenvalue weighted by Gasteiger charge is 2.40. The van der Waals surface area contributed by atoms with Crippen LogP contribution in [-0.4, -0.2) is 26.8 Å². The molecule has 0 aliphatic heterocycles. The predicted octanol–water partition coefficient (Wildman–Crippen LogP) is 3.96. The maximum atomic E-state index is 13.3. The molecule has 2 aromatic rings. The number of rotatable bonds is 6. The van der Waals surface area contributed by atoms with Crippen molar-refractivity contribution in [3.05, 3.63) is 41.7 Å². The fourth-order valence-corrected chi connectivity index (χ4v) is 2.36. The van der Waals surface area contributed by atoms with E-state index in [2.05, 4.69) is 10.4 Å². The van der Waals surface area contributed by atoms with E-state index < -0.39 is 23.4 Å². The largest absolute Gasteiger partial charge is 0.478 e. The summed E-state index contributed by atoms with van der Waals surface area (Å²) < 4.78 is 40.4. The summed E-state index contributed by atoms with van der Waals surface area (Å²) >= 11 is 0. The molecule has 0 radical (unpaired) electrons. The molecule has 1 amide bonds. The van der Waals surface area contributed by atoms with Crippen molar-refractivity contribution >= 4 is 17.6 Å². The lowest BCUT2D eigenvalue weighted by atomic mass is 10.1. The number of aromatic nitrogens is 2. The lowest BCUT2D eigenvalue weighted by Crippen LogP contribution is -2.18. The van der Waals surface area contributed by atoms with E-state index in [4.69, 9.17) is 5.11 Å². The van der Waals surface area contributed by atoms with Gasteiger partial charge in [0, 0.05) is 12.1 Å². The van der Waals surface area contributed by atoms with Crippen molar-refractivity contribution in [2.24, 2.45) is 5.92 Å². The van der Waals surface area contributed by atoms with Crippen molar-refractivity contribution in [1.82, 2.24) is 9.78 Å². The Balaban J connectivity index is 2.37. The topological polar surface area (TPSA) is 84.2 Å². The van der Waals surface area contributed by atoms with Crippen LogP contribution in [0.25, 0.3) is 5.69 Å². The monoisotopic (exact) mass is 369 g/mol. The van der Waals surface area contributed by atoms with Gasteiger partial charge in [0.15, 0.2) is 5.69 Å². The smallest absolute Gasteiger partial charge is 0.434 e. The highest BCUT2D eigenvalue weighted by Crippen LogP contribution is 2.34. The Morgan fingerprint density at radius 1 is 1.35 bits per heavy atom. The minimum Gasteiger partial charge on any atom is -0.478 e. The van der Waals surface area contributed by atoms with Crippen LogP contribution >= 0.6 is 0 Å². The molecule has 26 heavy (non-hydrogen) atoms. The summed E-state index contributed by atoms with van der Waals surface area (Å²) in [5, 5.41) is 15.1. The second-order valence-electron chi connectivity index (χ2n) is 5.94. The number of carboxylic acids is 1. The number of alkyl halides is 3. The molecule has 0 aliphatic rings. The van der Waals surface area contributed by atoms with Gasteiger partial charge in [0.25, 0.3) is 0 Å². The van der Waals surface area contributed by atoms with E-state index in [1.54, 1.807) is 0 Å². The van der Waals surface area contributed by atoms with Gasteiger partial charge in [-0.05, 0) is 24.1 Å². The Hall–Kier alpha value is -2.84. The molecule has 1 aromatic carbocycles. The zero-order chi connectivity index (χ0) is 19.5. The normalized spacial score (nSPS) is 12.7. The van der Waals surface area contributed by atoms with Crippen molar-refractivity contribution in [3.8, 4) is 5.69 Å². The number of benzene rings is 1. The van der Waals surface area contributed by atoms with E-state index in [0.29, 0.717) is 23.0 Å². The number of halogens is 3. The number of nitrogens with one attached hydrogen (secondary N) is 1. The Kier molecular flexibility index (Phi) is 5.69. The number of anilines is 1. The van der Waals surface area contributed by atoms with E-state index in [-0.39, 0.29) is 17.5 Å². The minimum atomic E-state index is -4.90. The van der Waals surface area contributed by atoms with Crippen molar-refractivity contribution in [2.45, 2.75) is 32.9 Å². The van der Waals surface area contributed by atoms with E-state index in [9.17, 15) is 22.8 Å². The Labute approximate surface area is 147 Å². The lowest BCUT2D eigenvalue weighted by Gasteiger charge is -2.13. The van der Waals surface area contributed by atoms with Crippen LogP contribution in [0.15, 0.2) is 30.5 Å². The third-order valence-corrected chi connectivity index (χ3v) is 3.87. The first-order valence-corrected chi connectivity index (χ1v) is 7.92. The van der Waals surface area contributed by atoms with E-state index in [1.165, 1.54) is 24.3 Å². The van der Waals surface area contributed by atoms with E-state index in [1.807, 2.05) is 13.8 Å². The van der Waals surface area contributed by atoms with Crippen LogP contribution < -0.4 is 5.32 Å². The molecule has 6 nitrogen and oxygen atoms in total. The van der Waals surface area contributed by atoms with Crippen LogP contribution in [0.2, 0.25) is 0 Å². The lowest BCUT2D eigenvalue weighted by molar-refractivity contribution is -0.143. The molecule has 140 valence electrons. The quantitative estimate of drug-likeness (QED) is 0.807. The number of carbonyl (C=O) groups excluding carboxylic acids is 1. The van der Waals surface area contributed by atoms with E-state index in [0.717, 1.165) is 6.42 Å². The Morgan fingerprint density at radius 3 is 2.62 bits per heavy atom. The van der Waals surface area contributed by atoms with Crippen LogP contribution in [-0.2, 0) is 11.0 Å². The predicted molar refractivity (Wildman–Crippen MR) is 88.2 cm³/mol. The average Bonchev–Trinajstić information content (AvgIpc) is 3.00. The summed E-state index contributed by atoms with van der Waals surface area (Å²) in [5.41, 5.74) is -2.03. The average molecular weight is 369 g/mol. The van der Waals surface area contributed by atoms with Crippen LogP contribution in [0.3, 0.4) is 0 Å². The molecule has 1 heterocycles. The molecule has 1 atom stereocenters. The molecular weight excluding hydrogens is 351 g/mol. The Morgan fingerprint density at radius 2 is 2.04 bits per heavy atom. The second-order valence-corrected chi connectivity index (χ2v) is 5.94. The molecular formula is C17H18F3N3O3. The molecule has 0 saturated carbocycles. The summed E-state index contributed by atoms with van der Waals surface area (Å²) in [7, 11) is 0. The van der Waals surface area contributed by atoms with Gasteiger partial charge in [-0.2, -0.15) is 18.3 Å². The van der Waals surface area contributed by atoms with Crippen molar-refractivity contribution in [2.75, 3.05) is 5.32 Å². The first-order valence-electron chi connectivity index (χ1n) is 7.92. The standard InChI is InChI=1S/C17H18F3N3O3/c1-3-10(2)7-14(24)22-11-5-4-6-12(8-11)23-15(17(18,19)20)13(9-21-23)16(25)26/h4-6,8-10H,3,7H2,1-2H3,(H,22,24)(H,25,26). The summed E-state index contributed by atoms with van der Waals surface area (Å²) in [4.78, 5) is 23.0. The zero-order valence-electron chi connectivity index (χ0n) is 14.2. The van der Waals surface area contributed by atoms with Gasteiger partial charge in [-0.3, -0.25) is 4.79 Å². The van der Waals surface area contributed by atoms with Gasteiger partial charge in [-0.15, -0.1) is 0 Å². The highest BCUT2D eigenvalue weighted by atomic mass is 19.4. The van der Waals surface area contributed by atoms with Crippen molar-refractivity contribution in [1.29, 1.82) is 0 Å². The van der Waals surface area contributed by atoms with Crippen molar-refractivity contribution < 1.29 is 27.9 Å². The summed E-state index contributed by atoms with van der Waals surface area (Å²) in [5.74, 6) is -1.79. The molecule has 1 aromatic heterocycles. The number of amides is 1. The molecule has 0 bridgehead atoms. The van der Waals surface area contributed by atoms with Crippen LogP contribution in [0, 0.1) is 5.92 Å². The maximum Gasteiger partial charge on any atom is 0.434 e. The van der Waals surface area contributed by atoms with Gasteiger partial charge in [-0.1, -0.05) is 26.3 Å². The number of nitrogens with zero attached hydrogens (tertiary/aromatic N) is 2. The number of hydrogen-bond donors (Lipinski definition) is 2. The van der Waals surface area contributed by atoms with Gasteiger partial charge in [0.05, 0.1) is 11.9 Å². The Bertz CT molecular complexity index is 815. The SMILES string of the molecule is CCC(C)CC(=O)Nc1cccc(-n2ncc(C(=O)O)c2C(F)(F)F)c1. The molecule has 0 fully saturated rings. The molecule has 1 unspecified atom stereocenters. The third-order valence-electron chi connectivity index (χ3n) is 3.87. The molecule has 0 spiro atoms. The van der Waals surface area contributed by atoms with Crippen LogP contribution in [0.4, 0.5) is 18.9 Å². The first-order chi connectivity index (χ1) is 12.1. The third kappa shape index (κ3) is 4.41. The number of carboxylic acid groups (broad SMARTS) is 1. The molecule has 2 rings (SSSR count). The van der Waals surface area contributed by atoms with Gasteiger partial charge in [0.1, 0.15) is 5.56 Å². The zero-order valence-corrected chi connectivity index (χ0v) is 14.2. The fraction of sp³-hybridized carbons (Fsp3) is 0.353. The second kappa shape index (κ2) is 7.59. The first kappa shape index (κ1) is 19.5. The van der Waals surface area contributed by atoms with Gasteiger partial charge >= 0.3 is 12.1 Å². The molecule has 9 heteroatoms. The molecule has 0 aliphatic carbocycles. The van der Waals surface area contributed by atoms with Crippen molar-refractivity contribution in [3.63, 3.8) is 0 Å². The van der Waals surface area contributed by atoms with Crippen LogP contribution in [0.5, 0.6) is 0 Å². The minimum absolute atomic E-state index is 0.00818. The van der Waals surface area contributed by atoms with Gasteiger partial charge < -0.3 is 10.4 Å².